The molecule has 1 N–H and O–H groups in total. The molecule has 1 unspecified atom stereocenters. The van der Waals surface area contributed by atoms with Gasteiger partial charge >= 0.3 is 0 Å². The van der Waals surface area contributed by atoms with E-state index in [4.69, 9.17) is 4.74 Å². The van der Waals surface area contributed by atoms with Crippen molar-refractivity contribution in [3.8, 4) is 0 Å². The summed E-state index contributed by atoms with van der Waals surface area (Å²) in [5.74, 6) is 2.41. The van der Waals surface area contributed by atoms with Crippen molar-refractivity contribution in [2.45, 2.75) is 26.3 Å². The molecule has 1 amide bonds. The second-order valence-corrected chi connectivity index (χ2v) is 5.40. The van der Waals surface area contributed by atoms with Gasteiger partial charge in [0, 0.05) is 26.7 Å². The fourth-order valence-electron chi connectivity index (χ4n) is 1.33. The van der Waals surface area contributed by atoms with Crippen molar-refractivity contribution >= 4 is 30.1 Å². The number of carbonyl (C=O) groups is 1. The number of nitrogens with zero attached hydrogens (tertiary/aromatic N) is 1. The van der Waals surface area contributed by atoms with Crippen LogP contribution in [0.15, 0.2) is 0 Å². The van der Waals surface area contributed by atoms with Gasteiger partial charge in [0.1, 0.15) is 0 Å². The fourth-order valence-corrected chi connectivity index (χ4v) is 2.13. The van der Waals surface area contributed by atoms with Crippen LogP contribution in [0.1, 0.15) is 20.3 Å². The van der Waals surface area contributed by atoms with Gasteiger partial charge in [-0.2, -0.15) is 11.8 Å². The van der Waals surface area contributed by atoms with Gasteiger partial charge in [-0.05, 0) is 24.9 Å². The molecule has 0 aromatic heterocycles. The minimum Gasteiger partial charge on any atom is -0.383 e. The zero-order chi connectivity index (χ0) is 13.1. The summed E-state index contributed by atoms with van der Waals surface area (Å²) in [5.41, 5.74) is 0. The number of hydrogen-bond donors (Lipinski definition) is 1. The number of methoxy groups -OCH3 is 1. The number of amides is 1. The first-order valence-electron chi connectivity index (χ1n) is 6.16. The van der Waals surface area contributed by atoms with Crippen LogP contribution in [-0.2, 0) is 9.53 Å². The topological polar surface area (TPSA) is 41.6 Å². The van der Waals surface area contributed by atoms with Crippen LogP contribution in [0.3, 0.4) is 0 Å². The summed E-state index contributed by atoms with van der Waals surface area (Å²) in [6, 6.07) is 0.311. The monoisotopic (exact) mass is 298 g/mol. The van der Waals surface area contributed by atoms with Gasteiger partial charge in [0.05, 0.1) is 13.2 Å². The van der Waals surface area contributed by atoms with Gasteiger partial charge in [-0.1, -0.05) is 6.92 Å². The highest BCUT2D eigenvalue weighted by Crippen LogP contribution is 2.08. The smallest absolute Gasteiger partial charge is 0.236 e. The summed E-state index contributed by atoms with van der Waals surface area (Å²) in [4.78, 5) is 13.6. The number of hydrogen-bond acceptors (Lipinski definition) is 4. The molecule has 18 heavy (non-hydrogen) atoms. The highest BCUT2D eigenvalue weighted by molar-refractivity contribution is 7.99. The van der Waals surface area contributed by atoms with Crippen molar-refractivity contribution in [2.24, 2.45) is 0 Å². The minimum atomic E-state index is 0. The number of halogens is 1. The summed E-state index contributed by atoms with van der Waals surface area (Å²) in [6.45, 7) is 6.01. The van der Waals surface area contributed by atoms with Crippen molar-refractivity contribution in [3.05, 3.63) is 0 Å². The zero-order valence-corrected chi connectivity index (χ0v) is 13.5. The molecule has 0 radical (unpaired) electrons. The quantitative estimate of drug-likeness (QED) is 0.623. The van der Waals surface area contributed by atoms with Crippen LogP contribution in [0, 0.1) is 0 Å². The van der Waals surface area contributed by atoms with Crippen molar-refractivity contribution in [2.75, 3.05) is 45.4 Å². The molecule has 0 aliphatic rings. The van der Waals surface area contributed by atoms with Crippen molar-refractivity contribution in [3.63, 3.8) is 0 Å². The van der Waals surface area contributed by atoms with E-state index in [1.54, 1.807) is 7.11 Å². The molecular formula is C12H27ClN2O2S. The molecule has 0 rings (SSSR count). The molecule has 110 valence electrons. The molecule has 0 fully saturated rings. The van der Waals surface area contributed by atoms with Gasteiger partial charge in [0.25, 0.3) is 0 Å². The van der Waals surface area contributed by atoms with E-state index in [0.29, 0.717) is 19.2 Å². The molecule has 0 aliphatic heterocycles. The highest BCUT2D eigenvalue weighted by Gasteiger charge is 2.14. The van der Waals surface area contributed by atoms with Crippen molar-refractivity contribution in [1.29, 1.82) is 0 Å². The molecule has 0 saturated heterocycles. The van der Waals surface area contributed by atoms with E-state index in [9.17, 15) is 4.79 Å². The lowest BCUT2D eigenvalue weighted by molar-refractivity contribution is -0.130. The van der Waals surface area contributed by atoms with E-state index in [1.165, 1.54) is 0 Å². The minimum absolute atomic E-state index is 0. The molecule has 0 aromatic rings. The van der Waals surface area contributed by atoms with E-state index < -0.39 is 0 Å². The highest BCUT2D eigenvalue weighted by atomic mass is 35.5. The Bertz CT molecular complexity index is 209. The Morgan fingerprint density at radius 2 is 2.17 bits per heavy atom. The van der Waals surface area contributed by atoms with Crippen LogP contribution in [0.5, 0.6) is 0 Å². The predicted molar refractivity (Wildman–Crippen MR) is 81.8 cm³/mol. The van der Waals surface area contributed by atoms with Crippen LogP contribution in [0.2, 0.25) is 0 Å². The Hall–Kier alpha value is 0.0300. The number of thioether (sulfide) groups is 1. The van der Waals surface area contributed by atoms with Crippen LogP contribution in [-0.4, -0.2) is 62.2 Å². The fraction of sp³-hybridized carbons (Fsp3) is 0.917. The third-order valence-corrected chi connectivity index (χ3v) is 3.63. The zero-order valence-electron chi connectivity index (χ0n) is 11.9. The molecule has 0 bridgehead atoms. The van der Waals surface area contributed by atoms with Gasteiger partial charge in [-0.3, -0.25) is 4.79 Å². The van der Waals surface area contributed by atoms with Crippen LogP contribution < -0.4 is 5.32 Å². The number of nitrogens with one attached hydrogen (secondary N) is 1. The first-order chi connectivity index (χ1) is 8.13. The van der Waals surface area contributed by atoms with E-state index in [-0.39, 0.29) is 18.3 Å². The van der Waals surface area contributed by atoms with E-state index in [1.807, 2.05) is 23.7 Å². The van der Waals surface area contributed by atoms with E-state index in [0.717, 1.165) is 24.5 Å². The van der Waals surface area contributed by atoms with Gasteiger partial charge in [-0.15, -0.1) is 12.4 Å². The molecule has 0 aliphatic carbocycles. The molecule has 6 heteroatoms. The lowest BCUT2D eigenvalue weighted by atomic mass is 10.2. The van der Waals surface area contributed by atoms with Crippen LogP contribution in [0.4, 0.5) is 0 Å². The predicted octanol–water partition coefficient (Wildman–Crippen LogP) is 1.63. The summed E-state index contributed by atoms with van der Waals surface area (Å²) in [5, 5.41) is 3.07. The SMILES string of the molecule is CCSCCC(C)N(C)C(=O)CNCCOC.Cl. The normalized spacial score (nSPS) is 11.8. The number of likely N-dealkylation sites (N-methyl/N-ethyl adjacent to an activating group) is 1. The first kappa shape index (κ1) is 20.3. The van der Waals surface area contributed by atoms with Gasteiger partial charge in [0.15, 0.2) is 0 Å². The summed E-state index contributed by atoms with van der Waals surface area (Å²) in [7, 11) is 3.53. The lowest BCUT2D eigenvalue weighted by Gasteiger charge is -2.25. The Balaban J connectivity index is 0. The third kappa shape index (κ3) is 10.00. The molecule has 4 nitrogen and oxygen atoms in total. The second-order valence-electron chi connectivity index (χ2n) is 4.01. The molecule has 1 atom stereocenters. The molecule has 0 heterocycles. The van der Waals surface area contributed by atoms with Gasteiger partial charge in [0.2, 0.25) is 5.91 Å². The first-order valence-corrected chi connectivity index (χ1v) is 7.32. The lowest BCUT2D eigenvalue weighted by Crippen LogP contribution is -2.41. The maximum absolute atomic E-state index is 11.8. The molecule has 0 spiro atoms. The average molecular weight is 299 g/mol. The maximum atomic E-state index is 11.8. The Labute approximate surface area is 122 Å². The summed E-state index contributed by atoms with van der Waals surface area (Å²) < 4.78 is 4.91. The maximum Gasteiger partial charge on any atom is 0.236 e. The van der Waals surface area contributed by atoms with E-state index in [2.05, 4.69) is 19.2 Å². The molecule has 0 aromatic carbocycles. The molecule has 0 saturated carbocycles. The second kappa shape index (κ2) is 13.5. The summed E-state index contributed by atoms with van der Waals surface area (Å²) in [6.07, 6.45) is 1.05. The van der Waals surface area contributed by atoms with Crippen molar-refractivity contribution in [1.82, 2.24) is 10.2 Å². The number of ether oxygens (including phenoxy) is 1. The van der Waals surface area contributed by atoms with Crippen molar-refractivity contribution < 1.29 is 9.53 Å². The Morgan fingerprint density at radius 1 is 1.50 bits per heavy atom. The summed E-state index contributed by atoms with van der Waals surface area (Å²) >= 11 is 1.92. The molecular weight excluding hydrogens is 272 g/mol. The van der Waals surface area contributed by atoms with E-state index >= 15 is 0 Å². The Morgan fingerprint density at radius 3 is 2.72 bits per heavy atom. The average Bonchev–Trinajstić information content (AvgIpc) is 2.33. The number of rotatable bonds is 10. The Kier molecular flexibility index (Phi) is 15.2. The number of carbonyl (C=O) groups excluding carboxylic acids is 1. The largest absolute Gasteiger partial charge is 0.383 e. The van der Waals surface area contributed by atoms with Crippen LogP contribution >= 0.6 is 24.2 Å². The van der Waals surface area contributed by atoms with Crippen LogP contribution in [0.25, 0.3) is 0 Å². The van der Waals surface area contributed by atoms with Gasteiger partial charge < -0.3 is 15.0 Å². The van der Waals surface area contributed by atoms with Gasteiger partial charge in [-0.25, -0.2) is 0 Å². The standard InChI is InChI=1S/C12H26N2O2S.ClH/c1-5-17-9-6-11(2)14(3)12(15)10-13-7-8-16-4;/h11,13H,5-10H2,1-4H3;1H. The third-order valence-electron chi connectivity index (χ3n) is 2.70.